The van der Waals surface area contributed by atoms with Crippen LogP contribution in [-0.4, -0.2) is 17.9 Å². The Morgan fingerprint density at radius 1 is 0.923 bits per heavy atom. The molecule has 4 fully saturated rings. The van der Waals surface area contributed by atoms with Gasteiger partial charge in [0.25, 0.3) is 0 Å². The van der Waals surface area contributed by atoms with E-state index in [0.29, 0.717) is 23.0 Å². The summed E-state index contributed by atoms with van der Waals surface area (Å²) in [6, 6.07) is 0. The first-order valence-corrected chi connectivity index (χ1v) is 11.0. The molecule has 146 valence electrons. The summed E-state index contributed by atoms with van der Waals surface area (Å²) in [5.74, 6) is 2.95. The van der Waals surface area contributed by atoms with E-state index in [4.69, 9.17) is 4.74 Å². The van der Waals surface area contributed by atoms with Crippen LogP contribution in [0.2, 0.25) is 0 Å². The molecule has 8 atom stereocenters. The van der Waals surface area contributed by atoms with E-state index in [1.165, 1.54) is 45.4 Å². The van der Waals surface area contributed by atoms with Gasteiger partial charge in [-0.05, 0) is 81.0 Å². The Labute approximate surface area is 158 Å². The van der Waals surface area contributed by atoms with Crippen molar-refractivity contribution in [2.75, 3.05) is 0 Å². The second-order valence-electron chi connectivity index (χ2n) is 10.3. The number of rotatable bonds is 2. The van der Waals surface area contributed by atoms with Crippen molar-refractivity contribution in [3.05, 3.63) is 0 Å². The molecule has 4 aliphatic carbocycles. The largest absolute Gasteiger partial charge is 0.462 e. The van der Waals surface area contributed by atoms with Gasteiger partial charge in [-0.25, -0.2) is 0 Å². The van der Waals surface area contributed by atoms with Gasteiger partial charge < -0.3 is 4.74 Å². The minimum absolute atomic E-state index is 0.0645. The SMILES string of the molecule is CC(=O)O[C@@H]1C[C@H]2[C@@H](CC[C@H]3CCCC[C@@]32C)[C@@H]2CC[C@H](C(C)=O)[C@@]12C. The molecule has 0 saturated heterocycles. The maximum absolute atomic E-state index is 12.4. The van der Waals surface area contributed by atoms with Crippen LogP contribution in [0.3, 0.4) is 0 Å². The van der Waals surface area contributed by atoms with E-state index in [-0.39, 0.29) is 23.4 Å². The summed E-state index contributed by atoms with van der Waals surface area (Å²) in [6.45, 7) is 8.09. The van der Waals surface area contributed by atoms with Gasteiger partial charge in [-0.3, -0.25) is 9.59 Å². The molecule has 26 heavy (non-hydrogen) atoms. The van der Waals surface area contributed by atoms with Gasteiger partial charge in [-0.1, -0.05) is 26.7 Å². The number of ketones is 1. The Morgan fingerprint density at radius 3 is 2.38 bits per heavy atom. The van der Waals surface area contributed by atoms with E-state index in [1.54, 1.807) is 6.92 Å². The molecule has 0 aromatic heterocycles. The summed E-state index contributed by atoms with van der Waals surface area (Å²) >= 11 is 0. The molecule has 0 bridgehead atoms. The van der Waals surface area contributed by atoms with E-state index >= 15 is 0 Å². The van der Waals surface area contributed by atoms with Crippen LogP contribution in [0.1, 0.15) is 85.5 Å². The molecule has 3 heteroatoms. The number of carbonyl (C=O) groups excluding carboxylic acids is 2. The van der Waals surface area contributed by atoms with Crippen LogP contribution < -0.4 is 0 Å². The van der Waals surface area contributed by atoms with Gasteiger partial charge >= 0.3 is 5.97 Å². The molecule has 4 saturated carbocycles. The van der Waals surface area contributed by atoms with Crippen LogP contribution in [0.4, 0.5) is 0 Å². The molecule has 4 rings (SSSR count). The average molecular weight is 361 g/mol. The lowest BCUT2D eigenvalue weighted by atomic mass is 9.44. The summed E-state index contributed by atoms with van der Waals surface area (Å²) in [5, 5.41) is 0. The van der Waals surface area contributed by atoms with Crippen LogP contribution in [0, 0.1) is 40.4 Å². The van der Waals surface area contributed by atoms with Crippen molar-refractivity contribution in [2.45, 2.75) is 91.6 Å². The lowest BCUT2D eigenvalue weighted by Crippen LogP contribution is -2.59. The number of ether oxygens (including phenoxy) is 1. The van der Waals surface area contributed by atoms with E-state index in [2.05, 4.69) is 13.8 Å². The second-order valence-corrected chi connectivity index (χ2v) is 10.3. The predicted octanol–water partition coefficient (Wildman–Crippen LogP) is 5.17. The van der Waals surface area contributed by atoms with Gasteiger partial charge in [0.1, 0.15) is 11.9 Å². The van der Waals surface area contributed by atoms with Crippen molar-refractivity contribution in [3.63, 3.8) is 0 Å². The maximum atomic E-state index is 12.4. The van der Waals surface area contributed by atoms with Gasteiger partial charge in [-0.15, -0.1) is 0 Å². The van der Waals surface area contributed by atoms with E-state index in [0.717, 1.165) is 31.1 Å². The number of carbonyl (C=O) groups is 2. The first-order valence-electron chi connectivity index (χ1n) is 11.0. The normalized spacial score (nSPS) is 50.3. The fraction of sp³-hybridized carbons (Fsp3) is 0.913. The minimum atomic E-state index is -0.177. The van der Waals surface area contributed by atoms with E-state index in [1.807, 2.05) is 0 Å². The quantitative estimate of drug-likeness (QED) is 0.638. The first-order chi connectivity index (χ1) is 12.3. The highest BCUT2D eigenvalue weighted by molar-refractivity contribution is 5.80. The van der Waals surface area contributed by atoms with Crippen LogP contribution in [0.15, 0.2) is 0 Å². The Morgan fingerprint density at radius 2 is 1.69 bits per heavy atom. The highest BCUT2D eigenvalue weighted by atomic mass is 16.5. The Bertz CT molecular complexity index is 598. The van der Waals surface area contributed by atoms with Gasteiger partial charge in [0.2, 0.25) is 0 Å². The highest BCUT2D eigenvalue weighted by Gasteiger charge is 2.64. The maximum Gasteiger partial charge on any atom is 0.302 e. The van der Waals surface area contributed by atoms with Gasteiger partial charge in [0.05, 0.1) is 0 Å². The predicted molar refractivity (Wildman–Crippen MR) is 101 cm³/mol. The molecule has 0 unspecified atom stereocenters. The van der Waals surface area contributed by atoms with Crippen LogP contribution in [-0.2, 0) is 14.3 Å². The lowest BCUT2D eigenvalue weighted by molar-refractivity contribution is -0.191. The molecule has 0 aromatic rings. The summed E-state index contributed by atoms with van der Waals surface area (Å²) in [6.07, 6.45) is 11.2. The number of hydrogen-bond acceptors (Lipinski definition) is 3. The topological polar surface area (TPSA) is 43.4 Å². The lowest BCUT2D eigenvalue weighted by Gasteiger charge is -2.62. The average Bonchev–Trinajstić information content (AvgIpc) is 2.93. The van der Waals surface area contributed by atoms with Crippen LogP contribution in [0.25, 0.3) is 0 Å². The molecule has 0 heterocycles. The number of Topliss-reactive ketones (excluding diaryl/α,β-unsaturated/α-hetero) is 1. The van der Waals surface area contributed by atoms with Crippen molar-refractivity contribution in [1.82, 2.24) is 0 Å². The monoisotopic (exact) mass is 360 g/mol. The Hall–Kier alpha value is -0.860. The van der Waals surface area contributed by atoms with Crippen molar-refractivity contribution >= 4 is 11.8 Å². The molecule has 0 aliphatic heterocycles. The zero-order valence-corrected chi connectivity index (χ0v) is 17.1. The molecule has 4 aliphatic rings. The van der Waals surface area contributed by atoms with Crippen molar-refractivity contribution in [3.8, 4) is 0 Å². The molecule has 0 N–H and O–H groups in total. The van der Waals surface area contributed by atoms with Gasteiger partial charge in [0.15, 0.2) is 0 Å². The van der Waals surface area contributed by atoms with Crippen molar-refractivity contribution < 1.29 is 14.3 Å². The molecule has 0 radical (unpaired) electrons. The van der Waals surface area contributed by atoms with E-state index in [9.17, 15) is 9.59 Å². The number of fused-ring (bicyclic) bond motifs is 5. The summed E-state index contributed by atoms with van der Waals surface area (Å²) < 4.78 is 5.97. The number of hydrogen-bond donors (Lipinski definition) is 0. The number of esters is 1. The third-order valence-corrected chi connectivity index (χ3v) is 9.46. The summed E-state index contributed by atoms with van der Waals surface area (Å²) in [5.41, 5.74) is 0.256. The molecule has 0 spiro atoms. The third-order valence-electron chi connectivity index (χ3n) is 9.46. The fourth-order valence-corrected chi connectivity index (χ4v) is 8.27. The Kier molecular flexibility index (Phi) is 4.51. The molecular weight excluding hydrogens is 324 g/mol. The fourth-order valence-electron chi connectivity index (χ4n) is 8.27. The van der Waals surface area contributed by atoms with Crippen LogP contribution in [0.5, 0.6) is 0 Å². The zero-order valence-electron chi connectivity index (χ0n) is 17.1. The molecular formula is C23H36O3. The zero-order chi connectivity index (χ0) is 18.7. The van der Waals surface area contributed by atoms with Gasteiger partial charge in [0, 0.05) is 18.3 Å². The summed E-state index contributed by atoms with van der Waals surface area (Å²) in [4.78, 5) is 24.4. The van der Waals surface area contributed by atoms with E-state index < -0.39 is 0 Å². The molecule has 0 amide bonds. The molecule has 3 nitrogen and oxygen atoms in total. The second kappa shape index (κ2) is 6.34. The minimum Gasteiger partial charge on any atom is -0.462 e. The van der Waals surface area contributed by atoms with Crippen LogP contribution >= 0.6 is 0 Å². The standard InChI is InChI=1S/C23H36O3/c1-14(24)18-10-11-19-17-9-8-16-7-5-6-12-22(16,3)20(17)13-21(23(18,19)4)26-15(2)25/h16-21H,5-13H2,1-4H3/t16-,17+,18-,19+,20+,21-,22+,23-/m1/s1. The van der Waals surface area contributed by atoms with Crippen molar-refractivity contribution in [2.24, 2.45) is 40.4 Å². The first kappa shape index (κ1) is 18.5. The highest BCUT2D eigenvalue weighted by Crippen LogP contribution is 2.68. The smallest absolute Gasteiger partial charge is 0.302 e. The van der Waals surface area contributed by atoms with Crippen molar-refractivity contribution in [1.29, 1.82) is 0 Å². The van der Waals surface area contributed by atoms with Gasteiger partial charge in [-0.2, -0.15) is 0 Å². The Balaban J connectivity index is 1.72. The summed E-state index contributed by atoms with van der Waals surface area (Å²) in [7, 11) is 0. The third kappa shape index (κ3) is 2.52. The molecule has 0 aromatic carbocycles.